The van der Waals surface area contributed by atoms with Crippen molar-refractivity contribution in [2.24, 2.45) is 0 Å². The number of carbonyl (C=O) groups is 2. The van der Waals surface area contributed by atoms with Gasteiger partial charge in [0.25, 0.3) is 0 Å². The van der Waals surface area contributed by atoms with E-state index in [2.05, 4.69) is 29.7 Å². The summed E-state index contributed by atoms with van der Waals surface area (Å²) in [5.74, 6) is -0.993. The van der Waals surface area contributed by atoms with Gasteiger partial charge >= 0.3 is 12.5 Å². The van der Waals surface area contributed by atoms with Crippen LogP contribution in [0.5, 0.6) is 5.75 Å². The van der Waals surface area contributed by atoms with Gasteiger partial charge in [-0.25, -0.2) is 4.79 Å². The van der Waals surface area contributed by atoms with Gasteiger partial charge in [-0.3, -0.25) is 0 Å². The monoisotopic (exact) mass is 433 g/mol. The van der Waals surface area contributed by atoms with Crippen molar-refractivity contribution in [2.45, 2.75) is 44.0 Å². The number of amides is 2. The number of carboxylic acid groups (broad SMARTS) is 1. The van der Waals surface area contributed by atoms with Crippen LogP contribution in [0, 0.1) is 0 Å². The summed E-state index contributed by atoms with van der Waals surface area (Å²) >= 11 is 0. The van der Waals surface area contributed by atoms with Gasteiger partial charge < -0.3 is 29.6 Å². The van der Waals surface area contributed by atoms with Crippen LogP contribution in [-0.2, 0) is 4.74 Å². The van der Waals surface area contributed by atoms with Crippen LogP contribution in [0.4, 0.5) is 22.8 Å². The van der Waals surface area contributed by atoms with Crippen molar-refractivity contribution in [2.75, 3.05) is 19.7 Å². The Labute approximate surface area is 167 Å². The molecular formula is C18H24F3N2O5Si-. The molecule has 0 spiro atoms. The Balaban J connectivity index is 2.10. The number of rotatable bonds is 6. The molecule has 1 heterocycles. The Bertz CT molecular complexity index is 739. The Morgan fingerprint density at radius 2 is 1.97 bits per heavy atom. The molecule has 162 valence electrons. The van der Waals surface area contributed by atoms with Crippen LogP contribution in [0.25, 0.3) is 0 Å². The van der Waals surface area contributed by atoms with Gasteiger partial charge in [-0.1, -0.05) is 31.8 Å². The maximum atomic E-state index is 12.5. The number of nitrogens with one attached hydrogen (secondary N) is 1. The van der Waals surface area contributed by atoms with Crippen LogP contribution >= 0.6 is 0 Å². The third-order valence-corrected chi connectivity index (χ3v) is 6.19. The van der Waals surface area contributed by atoms with E-state index in [1.807, 2.05) is 0 Å². The summed E-state index contributed by atoms with van der Waals surface area (Å²) in [6, 6.07) is 5.36. The zero-order valence-electron chi connectivity index (χ0n) is 16.4. The molecule has 1 aliphatic rings. The molecule has 0 saturated carbocycles. The molecule has 29 heavy (non-hydrogen) atoms. The van der Waals surface area contributed by atoms with Gasteiger partial charge in [0, 0.05) is 27.1 Å². The van der Waals surface area contributed by atoms with Gasteiger partial charge in [-0.15, -0.1) is 13.2 Å². The minimum absolute atomic E-state index is 0.0301. The molecule has 2 amide bonds. The highest BCUT2D eigenvalue weighted by atomic mass is 28.3. The first-order valence-corrected chi connectivity index (χ1v) is 12.8. The number of alkyl carbamates (subject to hydrolysis) is 1. The van der Waals surface area contributed by atoms with E-state index in [9.17, 15) is 27.9 Å². The molecule has 7 nitrogen and oxygen atoms in total. The predicted octanol–water partition coefficient (Wildman–Crippen LogP) is 2.76. The number of halogens is 3. The van der Waals surface area contributed by atoms with Crippen molar-refractivity contribution in [1.29, 1.82) is 0 Å². The van der Waals surface area contributed by atoms with Crippen LogP contribution in [0.2, 0.25) is 25.7 Å². The quantitative estimate of drug-likeness (QED) is 0.697. The van der Waals surface area contributed by atoms with E-state index in [1.165, 1.54) is 12.1 Å². The molecule has 2 atom stereocenters. The fourth-order valence-corrected chi connectivity index (χ4v) is 3.74. The number of alkyl halides is 3. The maximum absolute atomic E-state index is 12.5. The van der Waals surface area contributed by atoms with Crippen molar-refractivity contribution in [3.63, 3.8) is 0 Å². The molecule has 1 saturated heterocycles. The molecule has 1 aromatic carbocycles. The molecule has 0 aromatic heterocycles. The molecule has 11 heteroatoms. The van der Waals surface area contributed by atoms with Crippen molar-refractivity contribution in [3.05, 3.63) is 29.8 Å². The largest absolute Gasteiger partial charge is 0.573 e. The van der Waals surface area contributed by atoms with E-state index in [1.54, 1.807) is 6.07 Å². The lowest BCUT2D eigenvalue weighted by Gasteiger charge is -2.21. The van der Waals surface area contributed by atoms with E-state index >= 15 is 0 Å². The summed E-state index contributed by atoms with van der Waals surface area (Å²) < 4.78 is 46.6. The lowest BCUT2D eigenvalue weighted by atomic mass is 9.94. The Kier molecular flexibility index (Phi) is 7.04. The number of benzene rings is 1. The van der Waals surface area contributed by atoms with Crippen LogP contribution < -0.4 is 15.2 Å². The Morgan fingerprint density at radius 3 is 2.55 bits per heavy atom. The molecular weight excluding hydrogens is 409 g/mol. The summed E-state index contributed by atoms with van der Waals surface area (Å²) in [6.45, 7) is 6.56. The van der Waals surface area contributed by atoms with Crippen LogP contribution in [-0.4, -0.2) is 57.3 Å². The number of carbonyl (C=O) groups excluding carboxylic acids is 2. The molecule has 0 unspecified atom stereocenters. The number of hydrogen-bond donors (Lipinski definition) is 1. The average Bonchev–Trinajstić information content (AvgIpc) is 2.96. The molecule has 0 aliphatic carbocycles. The number of nitrogens with zero attached hydrogens (tertiary/aromatic N) is 1. The Morgan fingerprint density at radius 1 is 1.28 bits per heavy atom. The van der Waals surface area contributed by atoms with Gasteiger partial charge in [-0.2, -0.15) is 0 Å². The smallest absolute Gasteiger partial charge is 0.530 e. The van der Waals surface area contributed by atoms with Gasteiger partial charge in [0.15, 0.2) is 0 Å². The third-order valence-electron chi connectivity index (χ3n) is 4.49. The molecule has 1 aromatic rings. The summed E-state index contributed by atoms with van der Waals surface area (Å²) in [4.78, 5) is 24.4. The fourth-order valence-electron chi connectivity index (χ4n) is 3.02. The fraction of sp³-hybridized carbons (Fsp3) is 0.556. The first-order chi connectivity index (χ1) is 13.3. The lowest BCUT2D eigenvalue weighted by molar-refractivity contribution is -0.274. The maximum Gasteiger partial charge on any atom is 0.573 e. The lowest BCUT2D eigenvalue weighted by Crippen LogP contribution is -2.43. The SMILES string of the molecule is C[Si](C)(C)CCOC(=O)N[C@@H]1CN(C(=O)[O-])C[C@H]1c1cccc(OC(F)(F)F)c1. The van der Waals surface area contributed by atoms with Crippen LogP contribution in [0.1, 0.15) is 11.5 Å². The minimum atomic E-state index is -4.84. The summed E-state index contributed by atoms with van der Waals surface area (Å²) in [6.07, 6.45) is -6.96. The van der Waals surface area contributed by atoms with Gasteiger partial charge in [-0.05, 0) is 23.7 Å². The first kappa shape index (κ1) is 22.9. The molecule has 0 bridgehead atoms. The molecule has 0 radical (unpaired) electrons. The molecule has 1 N–H and O–H groups in total. The highest BCUT2D eigenvalue weighted by molar-refractivity contribution is 6.76. The number of ether oxygens (including phenoxy) is 2. The summed E-state index contributed by atoms with van der Waals surface area (Å²) in [7, 11) is -1.39. The highest BCUT2D eigenvalue weighted by Gasteiger charge is 2.36. The second kappa shape index (κ2) is 8.93. The van der Waals surface area contributed by atoms with Crippen molar-refractivity contribution >= 4 is 20.3 Å². The third kappa shape index (κ3) is 7.48. The van der Waals surface area contributed by atoms with Gasteiger partial charge in [0.1, 0.15) is 11.8 Å². The second-order valence-electron chi connectivity index (χ2n) is 8.10. The van der Waals surface area contributed by atoms with Crippen LogP contribution in [0.3, 0.4) is 0 Å². The topological polar surface area (TPSA) is 90.9 Å². The minimum Gasteiger partial charge on any atom is -0.530 e. The molecule has 1 aliphatic heterocycles. The van der Waals surface area contributed by atoms with Crippen molar-refractivity contribution < 1.29 is 37.3 Å². The van der Waals surface area contributed by atoms with E-state index in [4.69, 9.17) is 4.74 Å². The normalized spacial score (nSPS) is 19.7. The Hall–Kier alpha value is -2.43. The van der Waals surface area contributed by atoms with E-state index in [0.717, 1.165) is 17.0 Å². The average molecular weight is 433 g/mol. The molecule has 1 fully saturated rings. The summed E-state index contributed by atoms with van der Waals surface area (Å²) in [5, 5.41) is 13.9. The second-order valence-corrected chi connectivity index (χ2v) is 13.7. The first-order valence-electron chi connectivity index (χ1n) is 9.09. The van der Waals surface area contributed by atoms with E-state index in [0.29, 0.717) is 5.56 Å². The van der Waals surface area contributed by atoms with Crippen molar-refractivity contribution in [1.82, 2.24) is 10.2 Å². The standard InChI is InChI=1S/C18H25F3N2O5Si/c1-29(2,3)8-7-27-16(24)22-15-11-23(17(25)26)10-14(15)12-5-4-6-13(9-12)28-18(19,20)21/h4-6,9,14-15H,7-8,10-11H2,1-3H3,(H,22,24)(H,25,26)/p-1/t14-,15+/m0/s1. The number of hydrogen-bond acceptors (Lipinski definition) is 5. The van der Waals surface area contributed by atoms with Crippen molar-refractivity contribution in [3.8, 4) is 5.75 Å². The zero-order chi connectivity index (χ0) is 21.8. The number of likely N-dealkylation sites (tertiary alicyclic amines) is 1. The predicted molar refractivity (Wildman–Crippen MR) is 99.3 cm³/mol. The van der Waals surface area contributed by atoms with Gasteiger partial charge in [0.05, 0.1) is 12.6 Å². The van der Waals surface area contributed by atoms with Crippen LogP contribution in [0.15, 0.2) is 24.3 Å². The summed E-state index contributed by atoms with van der Waals surface area (Å²) in [5.41, 5.74) is 0.405. The molecule has 2 rings (SSSR count). The van der Waals surface area contributed by atoms with E-state index in [-0.39, 0.29) is 19.7 Å². The van der Waals surface area contributed by atoms with E-state index < -0.39 is 44.3 Å². The zero-order valence-corrected chi connectivity index (χ0v) is 17.4. The van der Waals surface area contributed by atoms with Gasteiger partial charge in [0.2, 0.25) is 0 Å². The highest BCUT2D eigenvalue weighted by Crippen LogP contribution is 2.31.